The van der Waals surface area contributed by atoms with Gasteiger partial charge in [0.05, 0.1) is 36.1 Å². The molecule has 2 amide bonds. The Labute approximate surface area is 277 Å². The van der Waals surface area contributed by atoms with Gasteiger partial charge in [0.25, 0.3) is 0 Å². The SMILES string of the molecule is COc1c(NC(=O)Nc2ccc(Oc3ccnc(CN4CC[C@H](N(C)C)C4)c3)c3ccccc23)cc(C(C)(C)C)cc1NS(C)(=O)=O. The fourth-order valence-electron chi connectivity index (χ4n) is 5.73. The third kappa shape index (κ3) is 8.51. The van der Waals surface area contributed by atoms with Gasteiger partial charge < -0.3 is 25.0 Å². The number of carbonyl (C=O) groups excluding carboxylic acids is 1. The molecule has 1 fully saturated rings. The fourth-order valence-corrected chi connectivity index (χ4v) is 6.29. The maximum Gasteiger partial charge on any atom is 0.323 e. The molecular formula is C35H44N6O5S. The molecule has 5 rings (SSSR count). The van der Waals surface area contributed by atoms with Crippen molar-refractivity contribution in [2.75, 3.05) is 55.9 Å². The molecule has 0 saturated carbocycles. The van der Waals surface area contributed by atoms with Crippen molar-refractivity contribution < 1.29 is 22.7 Å². The van der Waals surface area contributed by atoms with Crippen LogP contribution in [0, 0.1) is 0 Å². The highest BCUT2D eigenvalue weighted by Gasteiger charge is 2.25. The molecule has 1 saturated heterocycles. The number of nitrogens with zero attached hydrogens (tertiary/aromatic N) is 3. The van der Waals surface area contributed by atoms with Gasteiger partial charge in [-0.3, -0.25) is 14.6 Å². The Hall–Kier alpha value is -4.39. The van der Waals surface area contributed by atoms with Gasteiger partial charge in [0.15, 0.2) is 5.75 Å². The first-order chi connectivity index (χ1) is 22.2. The highest BCUT2D eigenvalue weighted by Crippen LogP contribution is 2.40. The quantitative estimate of drug-likeness (QED) is 0.177. The lowest BCUT2D eigenvalue weighted by atomic mass is 9.86. The van der Waals surface area contributed by atoms with Crippen molar-refractivity contribution in [1.82, 2.24) is 14.8 Å². The number of likely N-dealkylation sites (tertiary alicyclic amines) is 1. The number of fused-ring (bicyclic) bond motifs is 1. The van der Waals surface area contributed by atoms with E-state index in [1.165, 1.54) is 7.11 Å². The zero-order valence-corrected chi connectivity index (χ0v) is 28.9. The maximum absolute atomic E-state index is 13.4. The lowest BCUT2D eigenvalue weighted by Gasteiger charge is -2.24. The van der Waals surface area contributed by atoms with Crippen LogP contribution in [-0.2, 0) is 22.0 Å². The Balaban J connectivity index is 1.36. The van der Waals surface area contributed by atoms with Gasteiger partial charge in [0, 0.05) is 48.7 Å². The Morgan fingerprint density at radius 3 is 2.36 bits per heavy atom. The number of benzene rings is 3. The van der Waals surface area contributed by atoms with Crippen molar-refractivity contribution in [3.05, 3.63) is 78.1 Å². The molecule has 1 aliphatic heterocycles. The van der Waals surface area contributed by atoms with Crippen molar-refractivity contribution in [2.24, 2.45) is 0 Å². The van der Waals surface area contributed by atoms with Crippen LogP contribution in [0.4, 0.5) is 21.9 Å². The van der Waals surface area contributed by atoms with Crippen molar-refractivity contribution in [3.63, 3.8) is 0 Å². The average Bonchev–Trinajstić information content (AvgIpc) is 3.46. The molecule has 0 spiro atoms. The van der Waals surface area contributed by atoms with Gasteiger partial charge in [-0.05, 0) is 61.8 Å². The summed E-state index contributed by atoms with van der Waals surface area (Å²) >= 11 is 0. The van der Waals surface area contributed by atoms with Crippen molar-refractivity contribution in [2.45, 2.75) is 45.2 Å². The first kappa shape index (κ1) is 34.0. The van der Waals surface area contributed by atoms with E-state index in [0.717, 1.165) is 54.3 Å². The van der Waals surface area contributed by atoms with E-state index in [0.29, 0.717) is 28.9 Å². The van der Waals surface area contributed by atoms with Crippen molar-refractivity contribution in [1.29, 1.82) is 0 Å². The number of nitrogens with one attached hydrogen (secondary N) is 3. The number of anilines is 3. The second-order valence-electron chi connectivity index (χ2n) is 13.2. The molecule has 1 atom stereocenters. The third-order valence-electron chi connectivity index (χ3n) is 8.21. The standard InChI is InChI=1S/C35H44N6O5S/c1-35(2,3)23-18-30(33(45-6)31(19-23)39-47(7,43)44)38-34(42)37-29-12-13-32(28-11-9-8-10-27(28)29)46-26-14-16-36-24(20-26)21-41-17-15-25(22-41)40(4)5/h8-14,16,18-20,25,39H,15,17,21-22H2,1-7H3,(H2,37,38,42)/t25-/m0/s1. The minimum Gasteiger partial charge on any atom is -0.492 e. The topological polar surface area (TPSA) is 125 Å². The van der Waals surface area contributed by atoms with Gasteiger partial charge in [0.1, 0.15) is 11.5 Å². The van der Waals surface area contributed by atoms with Crippen LogP contribution in [-0.4, -0.2) is 75.8 Å². The van der Waals surface area contributed by atoms with Crippen LogP contribution in [0.3, 0.4) is 0 Å². The van der Waals surface area contributed by atoms with Crippen molar-refractivity contribution >= 4 is 43.9 Å². The van der Waals surface area contributed by atoms with Gasteiger partial charge in [-0.25, -0.2) is 13.2 Å². The number of hydrogen-bond donors (Lipinski definition) is 3. The molecule has 2 heterocycles. The number of methoxy groups -OCH3 is 1. The van der Waals surface area contributed by atoms with Gasteiger partial charge >= 0.3 is 6.03 Å². The number of likely N-dealkylation sites (N-methyl/N-ethyl adjacent to an activating group) is 1. The molecule has 4 aromatic rings. The summed E-state index contributed by atoms with van der Waals surface area (Å²) in [5.74, 6) is 1.53. The van der Waals surface area contributed by atoms with Gasteiger partial charge in [-0.2, -0.15) is 0 Å². The van der Waals surface area contributed by atoms with E-state index >= 15 is 0 Å². The summed E-state index contributed by atoms with van der Waals surface area (Å²) in [5.41, 5.74) is 2.56. The summed E-state index contributed by atoms with van der Waals surface area (Å²) < 4.78 is 38.6. The molecule has 0 bridgehead atoms. The number of carbonyl (C=O) groups is 1. The van der Waals surface area contributed by atoms with Gasteiger partial charge in [0.2, 0.25) is 10.0 Å². The van der Waals surface area contributed by atoms with E-state index in [1.807, 2.05) is 63.2 Å². The normalized spacial score (nSPS) is 15.5. The lowest BCUT2D eigenvalue weighted by molar-refractivity contribution is 0.262. The number of pyridine rings is 1. The molecule has 250 valence electrons. The zero-order chi connectivity index (χ0) is 33.9. The van der Waals surface area contributed by atoms with Crippen LogP contribution in [0.15, 0.2) is 66.9 Å². The van der Waals surface area contributed by atoms with Crippen LogP contribution in [0.2, 0.25) is 0 Å². The second-order valence-corrected chi connectivity index (χ2v) is 14.9. The second kappa shape index (κ2) is 13.8. The Morgan fingerprint density at radius 2 is 1.70 bits per heavy atom. The van der Waals surface area contributed by atoms with Gasteiger partial charge in [-0.15, -0.1) is 0 Å². The first-order valence-electron chi connectivity index (χ1n) is 15.5. The molecular weight excluding hydrogens is 616 g/mol. The summed E-state index contributed by atoms with van der Waals surface area (Å²) in [7, 11) is 2.06. The first-order valence-corrected chi connectivity index (χ1v) is 17.4. The number of urea groups is 1. The minimum absolute atomic E-state index is 0.200. The molecule has 3 N–H and O–H groups in total. The van der Waals surface area contributed by atoms with E-state index in [1.54, 1.807) is 24.4 Å². The van der Waals surface area contributed by atoms with Crippen molar-refractivity contribution in [3.8, 4) is 17.2 Å². The third-order valence-corrected chi connectivity index (χ3v) is 8.80. The van der Waals surface area contributed by atoms with Crippen LogP contribution in [0.1, 0.15) is 38.4 Å². The Morgan fingerprint density at radius 1 is 1.00 bits per heavy atom. The monoisotopic (exact) mass is 660 g/mol. The average molecular weight is 661 g/mol. The zero-order valence-electron chi connectivity index (χ0n) is 28.0. The number of aromatic nitrogens is 1. The van der Waals surface area contributed by atoms with E-state index in [2.05, 4.69) is 44.2 Å². The highest BCUT2D eigenvalue weighted by atomic mass is 32.2. The predicted molar refractivity (Wildman–Crippen MR) is 188 cm³/mol. The Bertz CT molecular complexity index is 1870. The Kier molecular flexibility index (Phi) is 9.94. The molecule has 0 unspecified atom stereocenters. The molecule has 11 nitrogen and oxygen atoms in total. The summed E-state index contributed by atoms with van der Waals surface area (Å²) in [6.45, 7) is 8.81. The van der Waals surface area contributed by atoms with Crippen LogP contribution in [0.25, 0.3) is 10.8 Å². The molecule has 1 aromatic heterocycles. The molecule has 0 aliphatic carbocycles. The van der Waals surface area contributed by atoms with Crippen LogP contribution >= 0.6 is 0 Å². The molecule has 0 radical (unpaired) electrons. The predicted octanol–water partition coefficient (Wildman–Crippen LogP) is 6.48. The number of amides is 2. The number of hydrogen-bond acceptors (Lipinski definition) is 8. The smallest absolute Gasteiger partial charge is 0.323 e. The summed E-state index contributed by atoms with van der Waals surface area (Å²) in [5, 5.41) is 7.41. The molecule has 12 heteroatoms. The molecule has 47 heavy (non-hydrogen) atoms. The summed E-state index contributed by atoms with van der Waals surface area (Å²) in [4.78, 5) is 22.7. The van der Waals surface area contributed by atoms with Crippen LogP contribution < -0.4 is 24.8 Å². The van der Waals surface area contributed by atoms with E-state index < -0.39 is 16.1 Å². The number of sulfonamides is 1. The van der Waals surface area contributed by atoms with Gasteiger partial charge in [-0.1, -0.05) is 45.0 Å². The minimum atomic E-state index is -3.61. The van der Waals surface area contributed by atoms with E-state index in [4.69, 9.17) is 9.47 Å². The maximum atomic E-state index is 13.4. The highest BCUT2D eigenvalue weighted by molar-refractivity contribution is 7.92. The summed E-state index contributed by atoms with van der Waals surface area (Å²) in [6, 6.07) is 18.7. The summed E-state index contributed by atoms with van der Waals surface area (Å²) in [6.07, 6.45) is 3.98. The lowest BCUT2D eigenvalue weighted by Crippen LogP contribution is -2.31. The number of rotatable bonds is 10. The molecule has 3 aromatic carbocycles. The number of ether oxygens (including phenoxy) is 2. The van der Waals surface area contributed by atoms with E-state index in [-0.39, 0.29) is 16.9 Å². The van der Waals surface area contributed by atoms with Crippen LogP contribution in [0.5, 0.6) is 17.2 Å². The fraction of sp³-hybridized carbons (Fsp3) is 0.371. The largest absolute Gasteiger partial charge is 0.492 e. The van der Waals surface area contributed by atoms with E-state index in [9.17, 15) is 13.2 Å². The molecule has 1 aliphatic rings.